The van der Waals surface area contributed by atoms with Crippen molar-refractivity contribution in [1.29, 1.82) is 5.41 Å². The van der Waals surface area contributed by atoms with Crippen molar-refractivity contribution in [3.05, 3.63) is 57.0 Å². The van der Waals surface area contributed by atoms with Crippen LogP contribution in [0, 0.1) is 11.2 Å². The summed E-state index contributed by atoms with van der Waals surface area (Å²) in [7, 11) is 0. The van der Waals surface area contributed by atoms with Crippen molar-refractivity contribution < 1.29 is 4.39 Å². The van der Waals surface area contributed by atoms with Crippen LogP contribution in [0.3, 0.4) is 0 Å². The minimum absolute atomic E-state index is 0.188. The van der Waals surface area contributed by atoms with E-state index in [-0.39, 0.29) is 17.2 Å². The highest BCUT2D eigenvalue weighted by Crippen LogP contribution is 2.34. The van der Waals surface area contributed by atoms with Gasteiger partial charge in [-0.25, -0.2) is 4.39 Å². The normalized spacial score (nSPS) is 18.5. The van der Waals surface area contributed by atoms with E-state index < -0.39 is 0 Å². The Hall–Kier alpha value is -1.72. The van der Waals surface area contributed by atoms with Crippen LogP contribution in [0.4, 0.5) is 4.39 Å². The van der Waals surface area contributed by atoms with Gasteiger partial charge in [-0.2, -0.15) is 0 Å². The van der Waals surface area contributed by atoms with Crippen molar-refractivity contribution >= 4 is 17.2 Å². The molecule has 3 rings (SSSR count). The number of thiophene rings is 1. The number of hydrogen-bond donors (Lipinski definition) is 2. The van der Waals surface area contributed by atoms with Gasteiger partial charge in [0.2, 0.25) is 0 Å². The fourth-order valence-electron chi connectivity index (χ4n) is 2.91. The minimum Gasteiger partial charge on any atom is -0.384 e. The third kappa shape index (κ3) is 2.59. The van der Waals surface area contributed by atoms with Gasteiger partial charge >= 0.3 is 0 Å². The van der Waals surface area contributed by atoms with Gasteiger partial charge in [-0.3, -0.25) is 10.3 Å². The monoisotopic (exact) mass is 303 g/mol. The largest absolute Gasteiger partial charge is 0.384 e. The molecule has 1 unspecified atom stereocenters. The van der Waals surface area contributed by atoms with Crippen molar-refractivity contribution in [2.75, 3.05) is 6.54 Å². The summed E-state index contributed by atoms with van der Waals surface area (Å²) < 4.78 is 14.4. The highest BCUT2D eigenvalue weighted by molar-refractivity contribution is 7.10. The van der Waals surface area contributed by atoms with Gasteiger partial charge < -0.3 is 5.73 Å². The average Bonchev–Trinajstić information content (AvgIpc) is 2.93. The SMILES string of the molecule is CC1c2ccsc2CCN1Cc1cccc(C(=N)N)c1F. The van der Waals surface area contributed by atoms with Crippen LogP contribution in [0.5, 0.6) is 0 Å². The van der Waals surface area contributed by atoms with Gasteiger partial charge in [-0.05, 0) is 36.4 Å². The molecule has 1 aromatic heterocycles. The third-order valence-electron chi connectivity index (χ3n) is 4.15. The summed E-state index contributed by atoms with van der Waals surface area (Å²) in [6.45, 7) is 3.64. The number of rotatable bonds is 3. The van der Waals surface area contributed by atoms with Gasteiger partial charge in [-0.15, -0.1) is 11.3 Å². The van der Waals surface area contributed by atoms with E-state index in [9.17, 15) is 4.39 Å². The molecule has 1 aliphatic rings. The van der Waals surface area contributed by atoms with E-state index in [1.165, 1.54) is 10.4 Å². The topological polar surface area (TPSA) is 53.1 Å². The molecule has 3 N–H and O–H groups in total. The van der Waals surface area contributed by atoms with Crippen molar-refractivity contribution in [3.8, 4) is 0 Å². The number of hydrogen-bond acceptors (Lipinski definition) is 3. The number of amidine groups is 1. The first-order chi connectivity index (χ1) is 10.1. The molecule has 5 heteroatoms. The van der Waals surface area contributed by atoms with Crippen LogP contribution in [0.2, 0.25) is 0 Å². The maximum atomic E-state index is 14.4. The molecule has 1 aliphatic heterocycles. The van der Waals surface area contributed by atoms with Gasteiger partial charge in [0.1, 0.15) is 11.7 Å². The first-order valence-electron chi connectivity index (χ1n) is 7.00. The molecule has 2 heterocycles. The van der Waals surface area contributed by atoms with Crippen LogP contribution in [0.15, 0.2) is 29.6 Å². The van der Waals surface area contributed by atoms with Gasteiger partial charge in [0.05, 0.1) is 5.56 Å². The molecule has 0 amide bonds. The van der Waals surface area contributed by atoms with Gasteiger partial charge in [0.15, 0.2) is 0 Å². The van der Waals surface area contributed by atoms with Gasteiger partial charge in [-0.1, -0.05) is 12.1 Å². The Labute approximate surface area is 127 Å². The number of fused-ring (bicyclic) bond motifs is 1. The second-order valence-corrected chi connectivity index (χ2v) is 6.39. The van der Waals surface area contributed by atoms with E-state index >= 15 is 0 Å². The van der Waals surface area contributed by atoms with Crippen molar-refractivity contribution in [2.45, 2.75) is 25.9 Å². The molecule has 0 aliphatic carbocycles. The van der Waals surface area contributed by atoms with Crippen LogP contribution >= 0.6 is 11.3 Å². The van der Waals surface area contributed by atoms with E-state index in [4.69, 9.17) is 11.1 Å². The van der Waals surface area contributed by atoms with Crippen LogP contribution in [0.1, 0.15) is 34.5 Å². The fraction of sp³-hybridized carbons (Fsp3) is 0.312. The molecule has 0 saturated carbocycles. The molecule has 0 fully saturated rings. The number of halogens is 1. The van der Waals surface area contributed by atoms with Gasteiger partial charge in [0, 0.05) is 29.6 Å². The zero-order chi connectivity index (χ0) is 15.0. The van der Waals surface area contributed by atoms with Crippen LogP contribution in [0.25, 0.3) is 0 Å². The molecule has 1 atom stereocenters. The molecule has 21 heavy (non-hydrogen) atoms. The Bertz CT molecular complexity index is 680. The van der Waals surface area contributed by atoms with E-state index in [1.54, 1.807) is 29.5 Å². The zero-order valence-corrected chi connectivity index (χ0v) is 12.7. The van der Waals surface area contributed by atoms with E-state index in [2.05, 4.69) is 23.3 Å². The predicted octanol–water partition coefficient (Wildman–Crippen LogP) is 3.29. The molecule has 0 spiro atoms. The Kier molecular flexibility index (Phi) is 3.78. The molecule has 0 radical (unpaired) electrons. The van der Waals surface area contributed by atoms with Crippen LogP contribution in [-0.2, 0) is 13.0 Å². The number of nitrogen functional groups attached to an aromatic ring is 1. The summed E-state index contributed by atoms with van der Waals surface area (Å²) in [5, 5.41) is 9.56. The first kappa shape index (κ1) is 14.2. The summed E-state index contributed by atoms with van der Waals surface area (Å²) in [6.07, 6.45) is 1.02. The standard InChI is InChI=1S/C16H18FN3S/c1-10-12-6-8-21-14(12)5-7-20(10)9-11-3-2-4-13(15(11)17)16(18)19/h2-4,6,8,10H,5,7,9H2,1H3,(H3,18,19). The lowest BCUT2D eigenvalue weighted by atomic mass is 10.00. The maximum Gasteiger partial charge on any atom is 0.138 e. The third-order valence-corrected chi connectivity index (χ3v) is 5.14. The van der Waals surface area contributed by atoms with Crippen molar-refractivity contribution in [3.63, 3.8) is 0 Å². The second kappa shape index (κ2) is 5.58. The summed E-state index contributed by atoms with van der Waals surface area (Å²) in [6, 6.07) is 7.55. The van der Waals surface area contributed by atoms with E-state index in [1.807, 2.05) is 0 Å². The molecule has 3 nitrogen and oxygen atoms in total. The molecular weight excluding hydrogens is 285 g/mol. The Morgan fingerprint density at radius 1 is 1.48 bits per heavy atom. The number of nitrogens with zero attached hydrogens (tertiary/aromatic N) is 1. The molecule has 0 saturated heterocycles. The van der Waals surface area contributed by atoms with Crippen molar-refractivity contribution in [1.82, 2.24) is 4.90 Å². The van der Waals surface area contributed by atoms with Crippen LogP contribution in [-0.4, -0.2) is 17.3 Å². The summed E-state index contributed by atoms with van der Waals surface area (Å²) in [4.78, 5) is 3.72. The number of benzene rings is 1. The number of nitrogens with two attached hydrogens (primary N) is 1. The lowest BCUT2D eigenvalue weighted by Gasteiger charge is -2.33. The minimum atomic E-state index is -0.367. The fourth-order valence-corrected chi connectivity index (χ4v) is 3.87. The second-order valence-electron chi connectivity index (χ2n) is 5.39. The Morgan fingerprint density at radius 2 is 2.29 bits per heavy atom. The Balaban J connectivity index is 1.85. The zero-order valence-electron chi connectivity index (χ0n) is 11.9. The highest BCUT2D eigenvalue weighted by atomic mass is 32.1. The molecule has 110 valence electrons. The molecule has 0 bridgehead atoms. The first-order valence-corrected chi connectivity index (χ1v) is 7.88. The lowest BCUT2D eigenvalue weighted by molar-refractivity contribution is 0.189. The molecular formula is C16H18FN3S. The van der Waals surface area contributed by atoms with E-state index in [0.29, 0.717) is 18.2 Å². The molecule has 2 aromatic rings. The molecule has 1 aromatic carbocycles. The Morgan fingerprint density at radius 3 is 3.05 bits per heavy atom. The smallest absolute Gasteiger partial charge is 0.138 e. The summed E-state index contributed by atoms with van der Waals surface area (Å²) in [5.74, 6) is -0.588. The van der Waals surface area contributed by atoms with E-state index in [0.717, 1.165) is 13.0 Å². The summed E-state index contributed by atoms with van der Waals surface area (Å²) in [5.41, 5.74) is 7.57. The van der Waals surface area contributed by atoms with Crippen molar-refractivity contribution in [2.24, 2.45) is 5.73 Å². The lowest BCUT2D eigenvalue weighted by Crippen LogP contribution is -2.33. The quantitative estimate of drug-likeness (QED) is 0.675. The summed E-state index contributed by atoms with van der Waals surface area (Å²) >= 11 is 1.80. The van der Waals surface area contributed by atoms with Gasteiger partial charge in [0.25, 0.3) is 0 Å². The highest BCUT2D eigenvalue weighted by Gasteiger charge is 2.25. The number of nitrogens with one attached hydrogen (secondary N) is 1. The predicted molar refractivity (Wildman–Crippen MR) is 84.3 cm³/mol. The average molecular weight is 303 g/mol. The van der Waals surface area contributed by atoms with Crippen LogP contribution < -0.4 is 5.73 Å². The maximum absolute atomic E-state index is 14.4.